The van der Waals surface area contributed by atoms with Crippen molar-refractivity contribution in [3.05, 3.63) is 35.4 Å². The third kappa shape index (κ3) is 4.43. The quantitative estimate of drug-likeness (QED) is 0.766. The van der Waals surface area contributed by atoms with E-state index < -0.39 is 0 Å². The zero-order valence-electron chi connectivity index (χ0n) is 11.5. The SMILES string of the molecule is CCCCc1ccc(CCN2CCOCC2)cc1. The third-order valence-corrected chi connectivity index (χ3v) is 3.66. The van der Waals surface area contributed by atoms with Crippen LogP contribution in [0.4, 0.5) is 0 Å². The number of unbranched alkanes of at least 4 members (excludes halogenated alkanes) is 1. The lowest BCUT2D eigenvalue weighted by molar-refractivity contribution is 0.0384. The first-order chi connectivity index (χ1) is 8.88. The van der Waals surface area contributed by atoms with E-state index in [-0.39, 0.29) is 0 Å². The topological polar surface area (TPSA) is 12.5 Å². The van der Waals surface area contributed by atoms with Crippen LogP contribution in [0.15, 0.2) is 24.3 Å². The Morgan fingerprint density at radius 1 is 1.00 bits per heavy atom. The van der Waals surface area contributed by atoms with Crippen LogP contribution >= 0.6 is 0 Å². The highest BCUT2D eigenvalue weighted by Gasteiger charge is 2.09. The van der Waals surface area contributed by atoms with Crippen LogP contribution in [0.1, 0.15) is 30.9 Å². The Kier molecular flexibility index (Phi) is 5.69. The average Bonchev–Trinajstić information content (AvgIpc) is 2.45. The maximum absolute atomic E-state index is 5.36. The molecular weight excluding hydrogens is 222 g/mol. The Morgan fingerprint density at radius 3 is 2.22 bits per heavy atom. The summed E-state index contributed by atoms with van der Waals surface area (Å²) in [5.74, 6) is 0. The van der Waals surface area contributed by atoms with Gasteiger partial charge in [-0.2, -0.15) is 0 Å². The monoisotopic (exact) mass is 247 g/mol. The number of hydrogen-bond donors (Lipinski definition) is 0. The van der Waals surface area contributed by atoms with E-state index in [0.29, 0.717) is 0 Å². The van der Waals surface area contributed by atoms with Gasteiger partial charge < -0.3 is 4.74 Å². The number of aryl methyl sites for hydroxylation is 1. The number of morpholine rings is 1. The molecule has 18 heavy (non-hydrogen) atoms. The predicted molar refractivity (Wildman–Crippen MR) is 76.0 cm³/mol. The first kappa shape index (κ1) is 13.6. The number of benzene rings is 1. The van der Waals surface area contributed by atoms with E-state index in [4.69, 9.17) is 4.74 Å². The van der Waals surface area contributed by atoms with Crippen molar-refractivity contribution < 1.29 is 4.74 Å². The molecular formula is C16H25NO. The summed E-state index contributed by atoms with van der Waals surface area (Å²) >= 11 is 0. The molecule has 2 heteroatoms. The minimum Gasteiger partial charge on any atom is -0.379 e. The van der Waals surface area contributed by atoms with Crippen molar-refractivity contribution in [3.63, 3.8) is 0 Å². The van der Waals surface area contributed by atoms with Gasteiger partial charge in [0.2, 0.25) is 0 Å². The summed E-state index contributed by atoms with van der Waals surface area (Å²) in [5.41, 5.74) is 2.94. The molecule has 1 heterocycles. The van der Waals surface area contributed by atoms with Crippen LogP contribution in [-0.4, -0.2) is 37.7 Å². The zero-order chi connectivity index (χ0) is 12.6. The molecule has 1 fully saturated rings. The molecule has 0 saturated carbocycles. The van der Waals surface area contributed by atoms with E-state index in [2.05, 4.69) is 36.1 Å². The molecule has 1 aliphatic rings. The van der Waals surface area contributed by atoms with Crippen LogP contribution in [0.2, 0.25) is 0 Å². The Labute approximate surface area is 111 Å². The van der Waals surface area contributed by atoms with Gasteiger partial charge in [0.05, 0.1) is 13.2 Å². The summed E-state index contributed by atoms with van der Waals surface area (Å²) in [7, 11) is 0. The predicted octanol–water partition coefficient (Wildman–Crippen LogP) is 2.90. The first-order valence-corrected chi connectivity index (χ1v) is 7.26. The van der Waals surface area contributed by atoms with Crippen LogP contribution in [-0.2, 0) is 17.6 Å². The van der Waals surface area contributed by atoms with Crippen LogP contribution in [0.25, 0.3) is 0 Å². The molecule has 0 bridgehead atoms. The Hall–Kier alpha value is -0.860. The molecule has 0 aliphatic carbocycles. The summed E-state index contributed by atoms with van der Waals surface area (Å²) < 4.78 is 5.36. The highest BCUT2D eigenvalue weighted by molar-refractivity contribution is 5.22. The van der Waals surface area contributed by atoms with Gasteiger partial charge in [-0.15, -0.1) is 0 Å². The fourth-order valence-corrected chi connectivity index (χ4v) is 2.37. The Morgan fingerprint density at radius 2 is 1.61 bits per heavy atom. The molecule has 0 amide bonds. The van der Waals surface area contributed by atoms with Gasteiger partial charge in [0, 0.05) is 19.6 Å². The highest BCUT2D eigenvalue weighted by atomic mass is 16.5. The number of nitrogens with zero attached hydrogens (tertiary/aromatic N) is 1. The molecule has 100 valence electrons. The maximum Gasteiger partial charge on any atom is 0.0594 e. The van der Waals surface area contributed by atoms with Crippen molar-refractivity contribution in [2.45, 2.75) is 32.6 Å². The van der Waals surface area contributed by atoms with Crippen LogP contribution in [0, 0.1) is 0 Å². The number of ether oxygens (including phenoxy) is 1. The molecule has 2 rings (SSSR count). The van der Waals surface area contributed by atoms with Gasteiger partial charge in [-0.1, -0.05) is 37.6 Å². The smallest absolute Gasteiger partial charge is 0.0594 e. The van der Waals surface area contributed by atoms with Crippen LogP contribution in [0.3, 0.4) is 0 Å². The van der Waals surface area contributed by atoms with Crippen molar-refractivity contribution in [1.29, 1.82) is 0 Å². The lowest BCUT2D eigenvalue weighted by atomic mass is 10.0. The Bertz CT molecular complexity index is 327. The molecule has 1 aromatic rings. The zero-order valence-corrected chi connectivity index (χ0v) is 11.5. The van der Waals surface area contributed by atoms with E-state index in [1.165, 1.54) is 30.4 Å². The molecule has 1 saturated heterocycles. The van der Waals surface area contributed by atoms with E-state index in [1.54, 1.807) is 0 Å². The van der Waals surface area contributed by atoms with Crippen LogP contribution < -0.4 is 0 Å². The van der Waals surface area contributed by atoms with Crippen molar-refractivity contribution in [1.82, 2.24) is 4.90 Å². The van der Waals surface area contributed by atoms with Crippen LogP contribution in [0.5, 0.6) is 0 Å². The summed E-state index contributed by atoms with van der Waals surface area (Å²) in [6.45, 7) is 7.39. The molecule has 2 nitrogen and oxygen atoms in total. The van der Waals surface area contributed by atoms with Gasteiger partial charge in [0.25, 0.3) is 0 Å². The first-order valence-electron chi connectivity index (χ1n) is 7.26. The summed E-state index contributed by atoms with van der Waals surface area (Å²) in [4.78, 5) is 2.49. The van der Waals surface area contributed by atoms with Gasteiger partial charge in [-0.3, -0.25) is 4.90 Å². The molecule has 0 atom stereocenters. The van der Waals surface area contributed by atoms with Crippen molar-refractivity contribution >= 4 is 0 Å². The van der Waals surface area contributed by atoms with Gasteiger partial charge in [-0.25, -0.2) is 0 Å². The van der Waals surface area contributed by atoms with E-state index >= 15 is 0 Å². The standard InChI is InChI=1S/C16H25NO/c1-2-3-4-15-5-7-16(8-6-15)9-10-17-11-13-18-14-12-17/h5-8H,2-4,9-14H2,1H3. The largest absolute Gasteiger partial charge is 0.379 e. The average molecular weight is 247 g/mol. The maximum atomic E-state index is 5.36. The third-order valence-electron chi connectivity index (χ3n) is 3.66. The summed E-state index contributed by atoms with van der Waals surface area (Å²) in [5, 5.41) is 0. The molecule has 1 aliphatic heterocycles. The fraction of sp³-hybridized carbons (Fsp3) is 0.625. The second kappa shape index (κ2) is 7.55. The summed E-state index contributed by atoms with van der Waals surface area (Å²) in [6, 6.07) is 9.19. The molecule has 0 aromatic heterocycles. The van der Waals surface area contributed by atoms with Crippen molar-refractivity contribution in [2.75, 3.05) is 32.8 Å². The minimum absolute atomic E-state index is 0.899. The number of hydrogen-bond acceptors (Lipinski definition) is 2. The fourth-order valence-electron chi connectivity index (χ4n) is 2.37. The Balaban J connectivity index is 1.75. The lowest BCUT2D eigenvalue weighted by Gasteiger charge is -2.26. The van der Waals surface area contributed by atoms with Crippen molar-refractivity contribution in [3.8, 4) is 0 Å². The van der Waals surface area contributed by atoms with Crippen molar-refractivity contribution in [2.24, 2.45) is 0 Å². The highest BCUT2D eigenvalue weighted by Crippen LogP contribution is 2.09. The van der Waals surface area contributed by atoms with Gasteiger partial charge in [0.15, 0.2) is 0 Å². The number of rotatable bonds is 6. The van der Waals surface area contributed by atoms with E-state index in [1.807, 2.05) is 0 Å². The normalized spacial score (nSPS) is 16.9. The lowest BCUT2D eigenvalue weighted by Crippen LogP contribution is -2.37. The van der Waals surface area contributed by atoms with Gasteiger partial charge in [0.1, 0.15) is 0 Å². The molecule has 0 radical (unpaired) electrons. The second-order valence-electron chi connectivity index (χ2n) is 5.12. The molecule has 0 N–H and O–H groups in total. The second-order valence-corrected chi connectivity index (χ2v) is 5.12. The minimum atomic E-state index is 0.899. The van der Waals surface area contributed by atoms with Gasteiger partial charge >= 0.3 is 0 Å². The van der Waals surface area contributed by atoms with E-state index in [9.17, 15) is 0 Å². The molecule has 0 unspecified atom stereocenters. The molecule has 0 spiro atoms. The molecule has 1 aromatic carbocycles. The van der Waals surface area contributed by atoms with E-state index in [0.717, 1.165) is 39.3 Å². The van der Waals surface area contributed by atoms with Gasteiger partial charge in [-0.05, 0) is 30.4 Å². The summed E-state index contributed by atoms with van der Waals surface area (Å²) in [6.07, 6.45) is 4.96.